The Morgan fingerprint density at radius 1 is 1.25 bits per heavy atom. The van der Waals surface area contributed by atoms with E-state index in [0.29, 0.717) is 19.6 Å². The maximum atomic E-state index is 12.8. The summed E-state index contributed by atoms with van der Waals surface area (Å²) >= 11 is 1.39. The molecule has 2 amide bonds. The number of carbonyl (C=O) groups is 3. The number of aliphatic carboxylic acids is 1. The molecular formula is C18H23N3O6S. The van der Waals surface area contributed by atoms with Gasteiger partial charge in [-0.15, -0.1) is 0 Å². The lowest BCUT2D eigenvalue weighted by atomic mass is 9.83. The van der Waals surface area contributed by atoms with Crippen molar-refractivity contribution in [3.63, 3.8) is 0 Å². The third-order valence-corrected chi connectivity index (χ3v) is 5.51. The first-order chi connectivity index (χ1) is 13.4. The molecule has 152 valence electrons. The van der Waals surface area contributed by atoms with Crippen molar-refractivity contribution < 1.29 is 24.2 Å². The summed E-state index contributed by atoms with van der Waals surface area (Å²) in [4.78, 5) is 49.1. The van der Waals surface area contributed by atoms with Gasteiger partial charge in [-0.3, -0.25) is 14.4 Å². The number of piperidine rings is 1. The molecule has 28 heavy (non-hydrogen) atoms. The number of rotatable bonds is 7. The molecule has 10 heteroatoms. The summed E-state index contributed by atoms with van der Waals surface area (Å²) in [6.07, 6.45) is 2.71. The molecule has 0 aromatic carbocycles. The van der Waals surface area contributed by atoms with Crippen molar-refractivity contribution in [1.29, 1.82) is 0 Å². The van der Waals surface area contributed by atoms with Gasteiger partial charge >= 0.3 is 5.97 Å². The number of nitrogens with zero attached hydrogens (tertiary/aromatic N) is 2. The molecule has 0 saturated carbocycles. The van der Waals surface area contributed by atoms with Gasteiger partial charge in [0.15, 0.2) is 0 Å². The van der Waals surface area contributed by atoms with E-state index in [0.717, 1.165) is 12.1 Å². The normalized spacial score (nSPS) is 20.4. The summed E-state index contributed by atoms with van der Waals surface area (Å²) in [5.74, 6) is -1.12. The van der Waals surface area contributed by atoms with Crippen LogP contribution in [0.1, 0.15) is 18.0 Å². The van der Waals surface area contributed by atoms with Crippen molar-refractivity contribution in [2.75, 3.05) is 43.6 Å². The summed E-state index contributed by atoms with van der Waals surface area (Å²) in [5.41, 5.74) is 0.914. The molecule has 0 aliphatic carbocycles. The number of likely N-dealkylation sites (tertiary alicyclic amines) is 1. The van der Waals surface area contributed by atoms with Crippen molar-refractivity contribution in [3.8, 4) is 0 Å². The number of ether oxygens (including phenoxy) is 1. The zero-order chi connectivity index (χ0) is 20.3. The molecule has 2 aliphatic heterocycles. The second-order valence-corrected chi connectivity index (χ2v) is 7.92. The number of nitrogens with one attached hydrogen (secondary N) is 1. The van der Waals surface area contributed by atoms with Gasteiger partial charge in [-0.25, -0.2) is 4.79 Å². The second kappa shape index (κ2) is 8.78. The van der Waals surface area contributed by atoms with Crippen molar-refractivity contribution in [2.24, 2.45) is 5.92 Å². The van der Waals surface area contributed by atoms with Crippen molar-refractivity contribution in [3.05, 3.63) is 28.2 Å². The third kappa shape index (κ3) is 4.56. The molecule has 1 saturated heterocycles. The van der Waals surface area contributed by atoms with Crippen LogP contribution in [0.5, 0.6) is 0 Å². The molecular weight excluding hydrogens is 386 g/mol. The number of carbonyl (C=O) groups excluding carboxylic acids is 2. The van der Waals surface area contributed by atoms with Crippen molar-refractivity contribution in [1.82, 2.24) is 9.47 Å². The standard InChI is InChI=1S/C18H23N3O6S/c1-28-10-15(22)19-13-2-3-14-12-4-11(6-21(14)18(13)26)5-20(7-12)16(23)8-27-9-17(24)25/h2-3,11-12H,4-10H2,1H3,(H,19,22)(H,24,25)/t11-,12-/m1/s1. The number of anilines is 1. The van der Waals surface area contributed by atoms with Crippen LogP contribution < -0.4 is 10.9 Å². The van der Waals surface area contributed by atoms with E-state index in [2.05, 4.69) is 5.32 Å². The van der Waals surface area contributed by atoms with Gasteiger partial charge in [0.1, 0.15) is 18.9 Å². The van der Waals surface area contributed by atoms with E-state index in [9.17, 15) is 19.2 Å². The van der Waals surface area contributed by atoms with Crippen molar-refractivity contribution >= 4 is 35.2 Å². The van der Waals surface area contributed by atoms with Crippen LogP contribution >= 0.6 is 11.8 Å². The SMILES string of the molecule is CSCC(=O)Nc1ccc2n(c1=O)C[C@@H]1C[C@@H]2CN(C(=O)COCC(=O)O)C1. The fraction of sp³-hybridized carbons (Fsp3) is 0.556. The summed E-state index contributed by atoms with van der Waals surface area (Å²) in [7, 11) is 0. The van der Waals surface area contributed by atoms with Gasteiger partial charge in [-0.05, 0) is 30.7 Å². The van der Waals surface area contributed by atoms with Crippen LogP contribution in [-0.4, -0.2) is 70.7 Å². The number of hydrogen-bond donors (Lipinski definition) is 2. The van der Waals surface area contributed by atoms with E-state index >= 15 is 0 Å². The van der Waals surface area contributed by atoms with Crippen LogP contribution in [0.4, 0.5) is 5.69 Å². The first-order valence-corrected chi connectivity index (χ1v) is 10.4. The highest BCUT2D eigenvalue weighted by atomic mass is 32.2. The van der Waals surface area contributed by atoms with Gasteiger partial charge in [0.2, 0.25) is 11.8 Å². The van der Waals surface area contributed by atoms with E-state index in [1.54, 1.807) is 15.5 Å². The Kier molecular flexibility index (Phi) is 6.40. The highest BCUT2D eigenvalue weighted by molar-refractivity contribution is 7.99. The Balaban J connectivity index is 1.72. The van der Waals surface area contributed by atoms with Gasteiger partial charge in [-0.1, -0.05) is 0 Å². The number of pyridine rings is 1. The number of aromatic nitrogens is 1. The first-order valence-electron chi connectivity index (χ1n) is 8.99. The van der Waals surface area contributed by atoms with E-state index in [4.69, 9.17) is 9.84 Å². The molecule has 2 N–H and O–H groups in total. The zero-order valence-corrected chi connectivity index (χ0v) is 16.4. The molecule has 9 nitrogen and oxygen atoms in total. The number of carboxylic acids is 1. The minimum Gasteiger partial charge on any atom is -0.480 e. The van der Waals surface area contributed by atoms with E-state index in [-0.39, 0.29) is 47.3 Å². The van der Waals surface area contributed by atoms with Gasteiger partial charge in [0.05, 0.1) is 5.75 Å². The molecule has 2 atom stereocenters. The average Bonchev–Trinajstić information content (AvgIpc) is 2.64. The lowest BCUT2D eigenvalue weighted by Gasteiger charge is -2.42. The van der Waals surface area contributed by atoms with Crippen LogP contribution in [0, 0.1) is 5.92 Å². The highest BCUT2D eigenvalue weighted by Crippen LogP contribution is 2.35. The number of thioether (sulfide) groups is 1. The van der Waals surface area contributed by atoms with E-state index in [1.807, 2.05) is 12.3 Å². The molecule has 1 aromatic heterocycles. The van der Waals surface area contributed by atoms with Crippen LogP contribution in [-0.2, 0) is 25.7 Å². The van der Waals surface area contributed by atoms with Crippen LogP contribution in [0.15, 0.2) is 16.9 Å². The quantitative estimate of drug-likeness (QED) is 0.660. The Bertz CT molecular complexity index is 839. The van der Waals surface area contributed by atoms with Gasteiger partial charge in [-0.2, -0.15) is 11.8 Å². The molecule has 2 bridgehead atoms. The lowest BCUT2D eigenvalue weighted by molar-refractivity contribution is -0.146. The Morgan fingerprint density at radius 3 is 2.75 bits per heavy atom. The molecule has 3 rings (SSSR count). The number of carboxylic acid groups (broad SMARTS) is 1. The van der Waals surface area contributed by atoms with E-state index < -0.39 is 12.6 Å². The predicted octanol–water partition coefficient (Wildman–Crippen LogP) is 0.197. The third-order valence-electron chi connectivity index (χ3n) is 4.96. The molecule has 0 spiro atoms. The fourth-order valence-corrected chi connectivity index (χ4v) is 4.21. The Labute approximate surface area is 166 Å². The monoisotopic (exact) mass is 409 g/mol. The lowest BCUT2D eigenvalue weighted by Crippen LogP contribution is -2.50. The number of amides is 2. The molecule has 1 aromatic rings. The molecule has 3 heterocycles. The van der Waals surface area contributed by atoms with Crippen LogP contribution in [0.2, 0.25) is 0 Å². The fourth-order valence-electron chi connectivity index (χ4n) is 3.88. The first kappa shape index (κ1) is 20.4. The second-order valence-electron chi connectivity index (χ2n) is 7.05. The topological polar surface area (TPSA) is 118 Å². The molecule has 2 aliphatic rings. The number of fused-ring (bicyclic) bond motifs is 4. The van der Waals surface area contributed by atoms with Crippen LogP contribution in [0.25, 0.3) is 0 Å². The minimum absolute atomic E-state index is 0.0274. The Morgan fingerprint density at radius 2 is 2.04 bits per heavy atom. The summed E-state index contributed by atoms with van der Waals surface area (Å²) < 4.78 is 6.61. The van der Waals surface area contributed by atoms with Crippen LogP contribution in [0.3, 0.4) is 0 Å². The summed E-state index contributed by atoms with van der Waals surface area (Å²) in [6.45, 7) is 0.676. The minimum atomic E-state index is -1.11. The molecule has 0 unspecified atom stereocenters. The zero-order valence-electron chi connectivity index (χ0n) is 15.6. The predicted molar refractivity (Wildman–Crippen MR) is 104 cm³/mol. The maximum Gasteiger partial charge on any atom is 0.329 e. The van der Waals surface area contributed by atoms with Gasteiger partial charge in [0, 0.05) is 31.2 Å². The number of hydrogen-bond acceptors (Lipinski definition) is 6. The summed E-state index contributed by atoms with van der Waals surface area (Å²) in [5, 5.41) is 11.3. The molecule has 0 radical (unpaired) electrons. The summed E-state index contributed by atoms with van der Waals surface area (Å²) in [6, 6.07) is 3.47. The molecule has 1 fully saturated rings. The Hall–Kier alpha value is -2.33. The van der Waals surface area contributed by atoms with Gasteiger partial charge in [0.25, 0.3) is 5.56 Å². The van der Waals surface area contributed by atoms with Gasteiger partial charge < -0.3 is 24.6 Å². The smallest absolute Gasteiger partial charge is 0.329 e. The average molecular weight is 409 g/mol. The maximum absolute atomic E-state index is 12.8. The van der Waals surface area contributed by atoms with Crippen molar-refractivity contribution in [2.45, 2.75) is 18.9 Å². The largest absolute Gasteiger partial charge is 0.480 e. The highest BCUT2D eigenvalue weighted by Gasteiger charge is 2.36. The van der Waals surface area contributed by atoms with E-state index in [1.165, 1.54) is 11.8 Å².